The summed E-state index contributed by atoms with van der Waals surface area (Å²) in [6.07, 6.45) is 5.24. The maximum absolute atomic E-state index is 13.0. The first kappa shape index (κ1) is 16.3. The summed E-state index contributed by atoms with van der Waals surface area (Å²) in [5, 5.41) is 7.52. The molecule has 2 aromatic rings. The molecular formula is C19H22N6O2. The Morgan fingerprint density at radius 3 is 2.85 bits per heavy atom. The average molecular weight is 366 g/mol. The second-order valence-corrected chi connectivity index (χ2v) is 7.35. The molecule has 1 fully saturated rings. The fraction of sp³-hybridized carbons (Fsp3) is 0.474. The standard InChI is InChI=1S/C19H22N6O2/c26-16(21-13-6-1-2-7-13)12-24-19(27)25-15-9-4-3-8-14(15)17-20-10-5-11-23(17)18(25)22-24/h3-4,8-9,13H,1-2,5-7,10-12H2,(H,21,26). The van der Waals surface area contributed by atoms with Crippen LogP contribution in [-0.4, -0.2) is 45.2 Å². The SMILES string of the molecule is O=C(Cn1nc2n(c1=O)-c1ccccc1C1=NCCCN12)NC1CCCC1. The number of anilines is 1. The molecule has 3 aliphatic rings. The lowest BCUT2D eigenvalue weighted by Gasteiger charge is -2.33. The van der Waals surface area contributed by atoms with Gasteiger partial charge in [-0.1, -0.05) is 25.0 Å². The van der Waals surface area contributed by atoms with Crippen LogP contribution in [0.4, 0.5) is 5.95 Å². The van der Waals surface area contributed by atoms with Crippen molar-refractivity contribution >= 4 is 17.7 Å². The Morgan fingerprint density at radius 1 is 1.19 bits per heavy atom. The summed E-state index contributed by atoms with van der Waals surface area (Å²) in [6, 6.07) is 7.96. The van der Waals surface area contributed by atoms with Gasteiger partial charge in [-0.15, -0.1) is 5.10 Å². The van der Waals surface area contributed by atoms with E-state index in [9.17, 15) is 9.59 Å². The molecule has 1 aliphatic carbocycles. The number of para-hydroxylation sites is 1. The van der Waals surface area contributed by atoms with Crippen molar-refractivity contribution in [2.24, 2.45) is 4.99 Å². The molecule has 1 N–H and O–H groups in total. The number of carbonyl (C=O) groups is 1. The summed E-state index contributed by atoms with van der Waals surface area (Å²) < 4.78 is 2.87. The Balaban J connectivity index is 1.52. The van der Waals surface area contributed by atoms with Gasteiger partial charge < -0.3 is 5.32 Å². The summed E-state index contributed by atoms with van der Waals surface area (Å²) in [4.78, 5) is 32.1. The van der Waals surface area contributed by atoms with Crippen molar-refractivity contribution in [2.75, 3.05) is 18.0 Å². The van der Waals surface area contributed by atoms with Crippen LogP contribution in [0.25, 0.3) is 5.69 Å². The highest BCUT2D eigenvalue weighted by molar-refractivity contribution is 6.13. The minimum Gasteiger partial charge on any atom is -0.352 e. The van der Waals surface area contributed by atoms with E-state index in [4.69, 9.17) is 0 Å². The molecule has 8 heteroatoms. The molecule has 1 saturated carbocycles. The number of aliphatic imine (C=N–C) groups is 1. The van der Waals surface area contributed by atoms with Crippen LogP contribution >= 0.6 is 0 Å². The van der Waals surface area contributed by atoms with E-state index in [0.717, 1.165) is 62.3 Å². The lowest BCUT2D eigenvalue weighted by atomic mass is 10.1. The lowest BCUT2D eigenvalue weighted by Crippen LogP contribution is -2.43. The van der Waals surface area contributed by atoms with Crippen LogP contribution in [0.2, 0.25) is 0 Å². The molecule has 1 amide bonds. The molecule has 27 heavy (non-hydrogen) atoms. The van der Waals surface area contributed by atoms with E-state index in [1.165, 1.54) is 4.68 Å². The van der Waals surface area contributed by atoms with Gasteiger partial charge in [-0.05, 0) is 31.4 Å². The summed E-state index contributed by atoms with van der Waals surface area (Å²) in [7, 11) is 0. The smallest absolute Gasteiger partial charge is 0.352 e. The molecule has 5 rings (SSSR count). The van der Waals surface area contributed by atoms with Gasteiger partial charge in [-0.3, -0.25) is 14.7 Å². The number of rotatable bonds is 3. The molecular weight excluding hydrogens is 344 g/mol. The third-order valence-corrected chi connectivity index (χ3v) is 5.52. The topological polar surface area (TPSA) is 84.5 Å². The Labute approximate surface area is 156 Å². The van der Waals surface area contributed by atoms with E-state index >= 15 is 0 Å². The molecule has 0 spiro atoms. The highest BCUT2D eigenvalue weighted by atomic mass is 16.2. The van der Waals surface area contributed by atoms with Crippen LogP contribution in [0, 0.1) is 0 Å². The van der Waals surface area contributed by atoms with Crippen LogP contribution < -0.4 is 15.9 Å². The first-order chi connectivity index (χ1) is 13.2. The fourth-order valence-electron chi connectivity index (χ4n) is 4.25. The van der Waals surface area contributed by atoms with Gasteiger partial charge in [0.05, 0.1) is 5.69 Å². The molecule has 8 nitrogen and oxygen atoms in total. The molecule has 0 atom stereocenters. The number of hydrogen-bond acceptors (Lipinski definition) is 5. The third-order valence-electron chi connectivity index (χ3n) is 5.52. The van der Waals surface area contributed by atoms with E-state index in [-0.39, 0.29) is 24.2 Å². The zero-order valence-electron chi connectivity index (χ0n) is 15.1. The summed E-state index contributed by atoms with van der Waals surface area (Å²) in [5.41, 5.74) is 1.42. The summed E-state index contributed by atoms with van der Waals surface area (Å²) in [5.74, 6) is 1.25. The molecule has 0 radical (unpaired) electrons. The van der Waals surface area contributed by atoms with Gasteiger partial charge in [0.2, 0.25) is 11.9 Å². The largest absolute Gasteiger partial charge is 0.352 e. The van der Waals surface area contributed by atoms with E-state index in [1.807, 2.05) is 29.2 Å². The van der Waals surface area contributed by atoms with Crippen LogP contribution in [0.3, 0.4) is 0 Å². The molecule has 0 saturated heterocycles. The number of amidine groups is 1. The second kappa shape index (κ2) is 6.37. The quantitative estimate of drug-likeness (QED) is 0.880. The number of hydrogen-bond donors (Lipinski definition) is 1. The van der Waals surface area contributed by atoms with Gasteiger partial charge in [0.15, 0.2) is 0 Å². The first-order valence-electron chi connectivity index (χ1n) is 9.63. The van der Waals surface area contributed by atoms with Crippen molar-refractivity contribution in [2.45, 2.75) is 44.7 Å². The number of benzene rings is 1. The van der Waals surface area contributed by atoms with Crippen LogP contribution in [0.5, 0.6) is 0 Å². The molecule has 3 heterocycles. The van der Waals surface area contributed by atoms with Crippen molar-refractivity contribution in [3.63, 3.8) is 0 Å². The predicted octanol–water partition coefficient (Wildman–Crippen LogP) is 1.06. The maximum Gasteiger partial charge on any atom is 0.352 e. The number of amides is 1. The van der Waals surface area contributed by atoms with Gasteiger partial charge in [-0.25, -0.2) is 14.0 Å². The van der Waals surface area contributed by atoms with Crippen molar-refractivity contribution < 1.29 is 4.79 Å². The van der Waals surface area contributed by atoms with Crippen LogP contribution in [-0.2, 0) is 11.3 Å². The summed E-state index contributed by atoms with van der Waals surface area (Å²) in [6.45, 7) is 1.48. The van der Waals surface area contributed by atoms with E-state index < -0.39 is 0 Å². The molecule has 1 aromatic heterocycles. The normalized spacial score (nSPS) is 18.5. The zero-order valence-corrected chi connectivity index (χ0v) is 15.1. The van der Waals surface area contributed by atoms with E-state index in [2.05, 4.69) is 15.4 Å². The number of nitrogens with zero attached hydrogens (tertiary/aromatic N) is 5. The number of nitrogens with one attached hydrogen (secondary N) is 1. The Kier molecular flexibility index (Phi) is 3.84. The molecule has 0 bridgehead atoms. The van der Waals surface area contributed by atoms with Crippen molar-refractivity contribution in [3.05, 3.63) is 40.3 Å². The Hall–Kier alpha value is -2.90. The predicted molar refractivity (Wildman–Crippen MR) is 102 cm³/mol. The first-order valence-corrected chi connectivity index (χ1v) is 9.63. The Bertz CT molecular complexity index is 982. The van der Waals surface area contributed by atoms with Gasteiger partial charge in [0.25, 0.3) is 0 Å². The van der Waals surface area contributed by atoms with Crippen LogP contribution in [0.15, 0.2) is 34.1 Å². The number of fused-ring (bicyclic) bond motifs is 6. The molecule has 0 unspecified atom stereocenters. The van der Waals surface area contributed by atoms with Crippen molar-refractivity contribution in [3.8, 4) is 5.69 Å². The third kappa shape index (κ3) is 2.67. The maximum atomic E-state index is 13.0. The van der Waals surface area contributed by atoms with Gasteiger partial charge in [0.1, 0.15) is 12.4 Å². The number of aromatic nitrogens is 3. The lowest BCUT2D eigenvalue weighted by molar-refractivity contribution is -0.122. The highest BCUT2D eigenvalue weighted by Gasteiger charge is 2.33. The summed E-state index contributed by atoms with van der Waals surface area (Å²) >= 11 is 0. The fourth-order valence-corrected chi connectivity index (χ4v) is 4.25. The zero-order chi connectivity index (χ0) is 18.4. The Morgan fingerprint density at radius 2 is 2.00 bits per heavy atom. The molecule has 140 valence electrons. The highest BCUT2D eigenvalue weighted by Crippen LogP contribution is 2.29. The van der Waals surface area contributed by atoms with Crippen molar-refractivity contribution in [1.29, 1.82) is 0 Å². The number of carbonyl (C=O) groups excluding carboxylic acids is 1. The minimum atomic E-state index is -0.288. The minimum absolute atomic E-state index is 0.0577. The molecule has 2 aliphatic heterocycles. The molecule has 1 aromatic carbocycles. The van der Waals surface area contributed by atoms with Gasteiger partial charge >= 0.3 is 5.69 Å². The van der Waals surface area contributed by atoms with Gasteiger partial charge in [0, 0.05) is 24.7 Å². The average Bonchev–Trinajstić information content (AvgIpc) is 3.31. The van der Waals surface area contributed by atoms with Crippen LogP contribution in [0.1, 0.15) is 37.7 Å². The van der Waals surface area contributed by atoms with E-state index in [1.54, 1.807) is 4.57 Å². The second-order valence-electron chi connectivity index (χ2n) is 7.35. The van der Waals surface area contributed by atoms with Gasteiger partial charge in [-0.2, -0.15) is 0 Å². The van der Waals surface area contributed by atoms with Crippen molar-refractivity contribution in [1.82, 2.24) is 19.7 Å². The van der Waals surface area contributed by atoms with E-state index in [0.29, 0.717) is 5.95 Å². The monoisotopic (exact) mass is 366 g/mol.